The van der Waals surface area contributed by atoms with Crippen LogP contribution in [0.15, 0.2) is 78.3 Å². The maximum absolute atomic E-state index is 14.9. The Morgan fingerprint density at radius 1 is 0.669 bits per heavy atom. The van der Waals surface area contributed by atoms with E-state index in [2.05, 4.69) is 47.5 Å². The Balaban J connectivity index is 1.02. The average Bonchev–Trinajstić information content (AvgIpc) is 1.81. The van der Waals surface area contributed by atoms with Crippen LogP contribution in [0.1, 0.15) is 142 Å². The van der Waals surface area contributed by atoms with Gasteiger partial charge in [-0.15, -0.1) is 11.3 Å². The fourth-order valence-corrected chi connectivity index (χ4v) is 14.7. The second kappa shape index (κ2) is 50.4. The number of likely N-dealkylation sites (tertiary alicyclic amines) is 1. The fraction of sp³-hybridized carbons (Fsp3) is 0.634. The summed E-state index contributed by atoms with van der Waals surface area (Å²) < 4.78 is 34.1. The standard InChI is InChI=1S/C82H125N15O20S/c1-13-54(8)71(62(98)50-67(103)96-34-18-22-61(96)72(112-12)55(9)74(104)89-60(78-85-33-48-118-78)49-56-19-15-14-16-20-56)94(11)79(108)70(53(6)7)91-77(107)69(52(4)5)92-82(111)117-73(80(109)95-38-36-93(10)37-39-95)57-23-25-58(26-24-57)87-75(105)59(21-17-31-86-81(83)110)88-76(106)68(51(2)3)90-64(100)30-40-113-42-44-115-46-47-116-45-43-114-41-32-84-63(99)29-35-97-65(101)27-28-66(97)102/h14-16,19-20,23-28,33,48,51-55,59-62,68-73,98H,13,17-18,21-22,29-32,34-47,49-50H2,1-12H3,(H,84,99)(H,87,105)(H,88,106)(H,89,104)(H,90,100)(H,91,107)(H,92,111)(H3,83,86,110)/t54-,55+,59-,60-,61-,62+,68-,69-,70-,71-,72+,73?/m0/s1. The maximum atomic E-state index is 14.9. The third kappa shape index (κ3) is 31.3. The molecule has 3 aliphatic rings. The Hall–Kier alpha value is -9.56. The number of hydrogen-bond acceptors (Lipinski definition) is 23. The van der Waals surface area contributed by atoms with Gasteiger partial charge in [-0.05, 0) is 80.5 Å². The molecular formula is C82H125N15O20S. The number of nitrogens with one attached hydrogen (secondary N) is 8. The van der Waals surface area contributed by atoms with Gasteiger partial charge in [0.25, 0.3) is 17.7 Å². The molecule has 14 amide bonds. The Morgan fingerprint density at radius 2 is 1.27 bits per heavy atom. The van der Waals surface area contributed by atoms with E-state index in [0.29, 0.717) is 58.4 Å². The lowest BCUT2D eigenvalue weighted by atomic mass is 9.89. The first-order chi connectivity index (χ1) is 56.3. The molecule has 1 unspecified atom stereocenters. The third-order valence-electron chi connectivity index (χ3n) is 21.0. The summed E-state index contributed by atoms with van der Waals surface area (Å²) in [6.07, 6.45) is 1.17. The predicted molar refractivity (Wildman–Crippen MR) is 438 cm³/mol. The number of aliphatic hydroxyl groups excluding tert-OH is 1. The quantitative estimate of drug-likeness (QED) is 0.0287. The smallest absolute Gasteiger partial charge is 0.408 e. The largest absolute Gasteiger partial charge is 0.431 e. The topological polar surface area (TPSA) is 449 Å². The van der Waals surface area contributed by atoms with Gasteiger partial charge in [0.15, 0.2) is 0 Å². The lowest BCUT2D eigenvalue weighted by molar-refractivity contribution is -0.146. The first kappa shape index (κ1) is 97.3. The number of aliphatic hydroxyl groups is 1. The number of benzene rings is 2. The van der Waals surface area contributed by atoms with Crippen LogP contribution in [0.3, 0.4) is 0 Å². The highest BCUT2D eigenvalue weighted by atomic mass is 32.1. The number of imide groups is 1. The zero-order valence-electron chi connectivity index (χ0n) is 70.2. The highest BCUT2D eigenvalue weighted by Crippen LogP contribution is 2.31. The van der Waals surface area contributed by atoms with Crippen LogP contribution in [0, 0.1) is 29.6 Å². The van der Waals surface area contributed by atoms with Crippen molar-refractivity contribution in [2.24, 2.45) is 35.3 Å². The fourth-order valence-electron chi connectivity index (χ4n) is 14.0. The van der Waals surface area contributed by atoms with E-state index in [0.717, 1.165) is 27.6 Å². The minimum Gasteiger partial charge on any atom is -0.431 e. The predicted octanol–water partition coefficient (Wildman–Crippen LogP) is 3.12. The van der Waals surface area contributed by atoms with Crippen molar-refractivity contribution < 1.29 is 95.9 Å². The van der Waals surface area contributed by atoms with E-state index in [1.54, 1.807) is 64.5 Å². The van der Waals surface area contributed by atoms with Crippen LogP contribution in [0.25, 0.3) is 0 Å². The number of nitrogens with two attached hydrogens (primary N) is 1. The molecule has 0 bridgehead atoms. The number of piperazine rings is 1. The Kier molecular flexibility index (Phi) is 41.5. The Bertz CT molecular complexity index is 3740. The summed E-state index contributed by atoms with van der Waals surface area (Å²) in [5.74, 6) is -8.18. The van der Waals surface area contributed by atoms with Crippen LogP contribution in [0.4, 0.5) is 15.3 Å². The number of amides is 14. The number of carbonyl (C=O) groups is 13. The van der Waals surface area contributed by atoms with E-state index in [9.17, 15) is 67.4 Å². The molecule has 0 saturated carbocycles. The normalized spacial score (nSPS) is 17.2. The number of urea groups is 1. The molecule has 6 rings (SSSR count). The van der Waals surface area contributed by atoms with E-state index in [4.69, 9.17) is 34.2 Å². The number of carbonyl (C=O) groups excluding carboxylic acids is 13. The summed E-state index contributed by atoms with van der Waals surface area (Å²) in [6, 6.07) is 8.27. The van der Waals surface area contributed by atoms with E-state index >= 15 is 0 Å². The second-order valence-corrected chi connectivity index (χ2v) is 31.8. The number of nitrogens with zero attached hydrogens (tertiary/aromatic N) is 6. The molecule has 35 nitrogen and oxygen atoms in total. The van der Waals surface area contributed by atoms with E-state index < -0.39 is 144 Å². The van der Waals surface area contributed by atoms with Crippen LogP contribution in [-0.4, -0.2) is 287 Å². The minimum absolute atomic E-state index is 0.00583. The van der Waals surface area contributed by atoms with Crippen LogP contribution in [-0.2, 0) is 87.6 Å². The van der Waals surface area contributed by atoms with E-state index in [1.165, 1.54) is 54.7 Å². The Morgan fingerprint density at radius 3 is 1.86 bits per heavy atom. The van der Waals surface area contributed by atoms with Gasteiger partial charge in [-0.1, -0.05) is 111 Å². The van der Waals surface area contributed by atoms with E-state index in [-0.39, 0.29) is 139 Å². The Labute approximate surface area is 695 Å². The molecule has 118 heavy (non-hydrogen) atoms. The maximum Gasteiger partial charge on any atom is 0.408 e. The molecule has 12 atom stereocenters. The highest BCUT2D eigenvalue weighted by molar-refractivity contribution is 7.09. The lowest BCUT2D eigenvalue weighted by Crippen LogP contribution is -2.60. The zero-order valence-corrected chi connectivity index (χ0v) is 71.0. The number of rotatable bonds is 51. The summed E-state index contributed by atoms with van der Waals surface area (Å²) in [7, 11) is 4.95. The SMILES string of the molecule is CC[C@H](C)[C@@H]([C@H](O)CC(=O)N1CCC[C@H]1[C@H](OC)[C@@H](C)C(=O)N[C@@H](Cc1ccccc1)c1nccs1)N(C)C(=O)[C@@H](NC(=O)[C@@H](NC(=O)OC(C(=O)N1CCN(C)CC1)c1ccc(NC(=O)[C@H](CCCNC(N)=O)NC(=O)[C@@H](NC(=O)CCOCCOCCOCCOCCNC(=O)CCN2C(=O)C=CC2=O)C(C)C)cc1)C(C)C)C(C)C. The lowest BCUT2D eigenvalue weighted by Gasteiger charge is -2.40. The molecule has 2 fully saturated rings. The van der Waals surface area contributed by atoms with Crippen molar-refractivity contribution in [3.05, 3.63) is 94.5 Å². The van der Waals surface area contributed by atoms with Gasteiger partial charge >= 0.3 is 12.1 Å². The zero-order chi connectivity index (χ0) is 86.5. The molecule has 2 saturated heterocycles. The molecule has 4 heterocycles. The van der Waals surface area contributed by atoms with Gasteiger partial charge in [0.05, 0.1) is 95.5 Å². The van der Waals surface area contributed by atoms with Crippen LogP contribution >= 0.6 is 11.3 Å². The number of aromatic nitrogens is 1. The van der Waals surface area contributed by atoms with E-state index in [1.807, 2.05) is 61.5 Å². The minimum atomic E-state index is -1.57. The summed E-state index contributed by atoms with van der Waals surface area (Å²) >= 11 is 1.44. The second-order valence-electron chi connectivity index (χ2n) is 30.9. The summed E-state index contributed by atoms with van der Waals surface area (Å²) in [4.78, 5) is 187. The number of anilines is 1. The van der Waals surface area contributed by atoms with Crippen molar-refractivity contribution in [3.63, 3.8) is 0 Å². The molecule has 3 aromatic rings. The van der Waals surface area contributed by atoms with Crippen molar-refractivity contribution in [3.8, 4) is 0 Å². The molecule has 2 aromatic carbocycles. The van der Waals surface area contributed by atoms with Crippen molar-refractivity contribution in [2.45, 2.75) is 181 Å². The van der Waals surface area contributed by atoms with Gasteiger partial charge in [0, 0.05) is 114 Å². The molecule has 1 aromatic heterocycles. The van der Waals surface area contributed by atoms with Gasteiger partial charge in [-0.2, -0.15) is 0 Å². The summed E-state index contributed by atoms with van der Waals surface area (Å²) in [5, 5.41) is 36.9. The van der Waals surface area contributed by atoms with Gasteiger partial charge in [0.1, 0.15) is 29.2 Å². The number of primary amides is 1. The molecule has 0 spiro atoms. The van der Waals surface area contributed by atoms with Crippen molar-refractivity contribution in [1.82, 2.24) is 66.7 Å². The summed E-state index contributed by atoms with van der Waals surface area (Å²) in [5.41, 5.74) is 6.74. The van der Waals surface area contributed by atoms with Crippen molar-refractivity contribution in [1.29, 1.82) is 0 Å². The van der Waals surface area contributed by atoms with Crippen molar-refractivity contribution >= 4 is 94.1 Å². The first-order valence-corrected chi connectivity index (χ1v) is 41.6. The number of ether oxygens (including phenoxy) is 6. The first-order valence-electron chi connectivity index (χ1n) is 40.7. The summed E-state index contributed by atoms with van der Waals surface area (Å²) in [6.45, 7) is 19.8. The van der Waals surface area contributed by atoms with Crippen molar-refractivity contribution in [2.75, 3.05) is 132 Å². The number of thiazole rings is 1. The molecule has 0 aliphatic carbocycles. The van der Waals surface area contributed by atoms with Crippen LogP contribution in [0.5, 0.6) is 0 Å². The third-order valence-corrected chi connectivity index (χ3v) is 21.9. The van der Waals surface area contributed by atoms with Gasteiger partial charge in [0.2, 0.25) is 53.4 Å². The molecule has 654 valence electrons. The number of methoxy groups -OCH3 is 1. The molecular weight excluding hydrogens is 1550 g/mol. The highest BCUT2D eigenvalue weighted by Gasteiger charge is 2.44. The molecule has 11 N–H and O–H groups in total. The van der Waals surface area contributed by atoms with Gasteiger partial charge in [-0.25, -0.2) is 14.6 Å². The van der Waals surface area contributed by atoms with Crippen LogP contribution in [0.2, 0.25) is 0 Å². The molecule has 0 radical (unpaired) electrons. The number of likely N-dealkylation sites (N-methyl/N-ethyl adjacent to an activating group) is 2. The average molecular weight is 1670 g/mol. The number of alkyl carbamates (subject to hydrolysis) is 1. The molecule has 36 heteroatoms. The van der Waals surface area contributed by atoms with Crippen LogP contribution < -0.4 is 48.3 Å². The van der Waals surface area contributed by atoms with Gasteiger partial charge in [-0.3, -0.25) is 57.6 Å². The monoisotopic (exact) mass is 1670 g/mol. The van der Waals surface area contributed by atoms with Gasteiger partial charge < -0.3 is 101 Å². The molecule has 3 aliphatic heterocycles. The number of hydrogen-bond donors (Lipinski definition) is 10.